The summed E-state index contributed by atoms with van der Waals surface area (Å²) in [6.45, 7) is 2.07. The Hall–Kier alpha value is -1.80. The molecule has 19 heavy (non-hydrogen) atoms. The van der Waals surface area contributed by atoms with Gasteiger partial charge in [0.05, 0.1) is 0 Å². The van der Waals surface area contributed by atoms with Crippen LogP contribution in [0.3, 0.4) is 0 Å². The Labute approximate surface area is 118 Å². The highest BCUT2D eigenvalue weighted by Crippen LogP contribution is 2.16. The lowest BCUT2D eigenvalue weighted by Crippen LogP contribution is -1.97. The van der Waals surface area contributed by atoms with Crippen LogP contribution in [0.5, 0.6) is 5.75 Å². The standard InChI is InChI=1S/C16H15ClO2/c1-12(18)9-13-5-7-16(8-6-13)19-11-14-3-2-4-15(17)10-14/h2-8,10H,9,11H2,1H3. The quantitative estimate of drug-likeness (QED) is 0.822. The molecule has 0 aliphatic rings. The van der Waals surface area contributed by atoms with Gasteiger partial charge >= 0.3 is 0 Å². The Morgan fingerprint density at radius 2 is 1.84 bits per heavy atom. The van der Waals surface area contributed by atoms with Crippen LogP contribution in [0.1, 0.15) is 18.1 Å². The second-order valence-electron chi connectivity index (χ2n) is 4.44. The summed E-state index contributed by atoms with van der Waals surface area (Å²) in [6, 6.07) is 15.2. The third kappa shape index (κ3) is 4.42. The van der Waals surface area contributed by atoms with Gasteiger partial charge < -0.3 is 4.74 Å². The highest BCUT2D eigenvalue weighted by atomic mass is 35.5. The maximum Gasteiger partial charge on any atom is 0.134 e. The predicted octanol–water partition coefficient (Wildman–Crippen LogP) is 4.05. The third-order valence-electron chi connectivity index (χ3n) is 2.67. The molecule has 0 amide bonds. The minimum absolute atomic E-state index is 0.160. The SMILES string of the molecule is CC(=O)Cc1ccc(OCc2cccc(Cl)c2)cc1. The third-order valence-corrected chi connectivity index (χ3v) is 2.91. The van der Waals surface area contributed by atoms with Gasteiger partial charge in [0.15, 0.2) is 0 Å². The van der Waals surface area contributed by atoms with Crippen LogP contribution in [-0.2, 0) is 17.8 Å². The van der Waals surface area contributed by atoms with E-state index in [0.29, 0.717) is 18.1 Å². The van der Waals surface area contributed by atoms with Gasteiger partial charge in [-0.1, -0.05) is 35.9 Å². The van der Waals surface area contributed by atoms with Gasteiger partial charge in [0, 0.05) is 11.4 Å². The van der Waals surface area contributed by atoms with Crippen LogP contribution in [0, 0.1) is 0 Å². The molecule has 0 aliphatic carbocycles. The first kappa shape index (κ1) is 13.6. The summed E-state index contributed by atoms with van der Waals surface area (Å²) >= 11 is 5.91. The molecule has 0 radical (unpaired) electrons. The Morgan fingerprint density at radius 3 is 2.47 bits per heavy atom. The van der Waals surface area contributed by atoms with Crippen molar-refractivity contribution in [1.29, 1.82) is 0 Å². The lowest BCUT2D eigenvalue weighted by Gasteiger charge is -2.07. The van der Waals surface area contributed by atoms with E-state index < -0.39 is 0 Å². The van der Waals surface area contributed by atoms with Crippen LogP contribution in [-0.4, -0.2) is 5.78 Å². The van der Waals surface area contributed by atoms with E-state index in [2.05, 4.69) is 0 Å². The van der Waals surface area contributed by atoms with Gasteiger partial charge in [0.1, 0.15) is 18.1 Å². The maximum atomic E-state index is 11.0. The van der Waals surface area contributed by atoms with E-state index in [4.69, 9.17) is 16.3 Å². The minimum atomic E-state index is 0.160. The molecule has 0 aliphatic heterocycles. The van der Waals surface area contributed by atoms with E-state index in [0.717, 1.165) is 16.9 Å². The molecule has 0 N–H and O–H groups in total. The summed E-state index contributed by atoms with van der Waals surface area (Å²) in [4.78, 5) is 11.0. The average molecular weight is 275 g/mol. The molecule has 0 aromatic heterocycles. The van der Waals surface area contributed by atoms with Crippen LogP contribution in [0.15, 0.2) is 48.5 Å². The topological polar surface area (TPSA) is 26.3 Å². The second-order valence-corrected chi connectivity index (χ2v) is 4.88. The van der Waals surface area contributed by atoms with Crippen molar-refractivity contribution in [3.63, 3.8) is 0 Å². The van der Waals surface area contributed by atoms with Crippen molar-refractivity contribution >= 4 is 17.4 Å². The first-order valence-corrected chi connectivity index (χ1v) is 6.47. The Kier molecular flexibility index (Phi) is 4.58. The molecule has 2 aromatic rings. The van der Waals surface area contributed by atoms with E-state index in [1.807, 2.05) is 48.5 Å². The van der Waals surface area contributed by atoms with Crippen molar-refractivity contribution in [2.45, 2.75) is 20.0 Å². The molecule has 2 nitrogen and oxygen atoms in total. The molecule has 0 saturated carbocycles. The summed E-state index contributed by atoms with van der Waals surface area (Å²) in [5.41, 5.74) is 2.03. The number of ether oxygens (including phenoxy) is 1. The minimum Gasteiger partial charge on any atom is -0.489 e. The lowest BCUT2D eigenvalue weighted by atomic mass is 10.1. The zero-order valence-corrected chi connectivity index (χ0v) is 11.5. The first-order chi connectivity index (χ1) is 9.13. The number of carbonyl (C=O) groups excluding carboxylic acids is 1. The molecule has 2 aromatic carbocycles. The maximum absolute atomic E-state index is 11.0. The number of benzene rings is 2. The van der Waals surface area contributed by atoms with Crippen LogP contribution in [0.2, 0.25) is 5.02 Å². The molecule has 0 atom stereocenters. The monoisotopic (exact) mass is 274 g/mol. The summed E-state index contributed by atoms with van der Waals surface area (Å²) in [5.74, 6) is 0.944. The van der Waals surface area contributed by atoms with Crippen molar-refractivity contribution in [2.24, 2.45) is 0 Å². The molecule has 98 valence electrons. The van der Waals surface area contributed by atoms with Crippen molar-refractivity contribution < 1.29 is 9.53 Å². The van der Waals surface area contributed by atoms with Gasteiger partial charge in [0.25, 0.3) is 0 Å². The number of hydrogen-bond donors (Lipinski definition) is 0. The predicted molar refractivity (Wildman–Crippen MR) is 76.6 cm³/mol. The van der Waals surface area contributed by atoms with E-state index >= 15 is 0 Å². The second kappa shape index (κ2) is 6.39. The molecule has 2 rings (SSSR count). The summed E-state index contributed by atoms with van der Waals surface area (Å²) in [5, 5.41) is 0.706. The Balaban J connectivity index is 1.94. The average Bonchev–Trinajstić information content (AvgIpc) is 2.37. The van der Waals surface area contributed by atoms with Gasteiger partial charge in [0.2, 0.25) is 0 Å². The van der Waals surface area contributed by atoms with Crippen LogP contribution in [0.4, 0.5) is 0 Å². The molecule has 0 saturated heterocycles. The van der Waals surface area contributed by atoms with Crippen LogP contribution >= 0.6 is 11.6 Å². The number of hydrogen-bond acceptors (Lipinski definition) is 2. The van der Waals surface area contributed by atoms with Crippen LogP contribution < -0.4 is 4.74 Å². The number of Topliss-reactive ketones (excluding diaryl/α,β-unsaturated/α-hetero) is 1. The van der Waals surface area contributed by atoms with Gasteiger partial charge in [-0.25, -0.2) is 0 Å². The fraction of sp³-hybridized carbons (Fsp3) is 0.188. The normalized spacial score (nSPS) is 10.2. The molecular formula is C16H15ClO2. The van der Waals surface area contributed by atoms with Gasteiger partial charge in [-0.3, -0.25) is 4.79 Å². The van der Waals surface area contributed by atoms with Gasteiger partial charge in [-0.05, 0) is 42.3 Å². The molecular weight excluding hydrogens is 260 g/mol. The van der Waals surface area contributed by atoms with Crippen LogP contribution in [0.25, 0.3) is 0 Å². The Morgan fingerprint density at radius 1 is 1.11 bits per heavy atom. The summed E-state index contributed by atoms with van der Waals surface area (Å²) < 4.78 is 5.66. The van der Waals surface area contributed by atoms with Gasteiger partial charge in [-0.2, -0.15) is 0 Å². The lowest BCUT2D eigenvalue weighted by molar-refractivity contribution is -0.116. The first-order valence-electron chi connectivity index (χ1n) is 6.09. The molecule has 0 bridgehead atoms. The zero-order valence-electron chi connectivity index (χ0n) is 10.7. The molecule has 0 heterocycles. The van der Waals surface area contributed by atoms with Gasteiger partial charge in [-0.15, -0.1) is 0 Å². The number of ketones is 1. The fourth-order valence-electron chi connectivity index (χ4n) is 1.78. The summed E-state index contributed by atoms with van der Waals surface area (Å²) in [6.07, 6.45) is 0.467. The highest BCUT2D eigenvalue weighted by molar-refractivity contribution is 6.30. The Bertz CT molecular complexity index is 561. The summed E-state index contributed by atoms with van der Waals surface area (Å²) in [7, 11) is 0. The van der Waals surface area contributed by atoms with E-state index in [1.165, 1.54) is 0 Å². The van der Waals surface area contributed by atoms with Crippen molar-refractivity contribution in [3.8, 4) is 5.75 Å². The molecule has 3 heteroatoms. The fourth-order valence-corrected chi connectivity index (χ4v) is 2.00. The number of rotatable bonds is 5. The van der Waals surface area contributed by atoms with E-state index in [-0.39, 0.29) is 5.78 Å². The number of carbonyl (C=O) groups is 1. The highest BCUT2D eigenvalue weighted by Gasteiger charge is 2.00. The largest absolute Gasteiger partial charge is 0.489 e. The number of halogens is 1. The van der Waals surface area contributed by atoms with E-state index in [9.17, 15) is 4.79 Å². The van der Waals surface area contributed by atoms with Crippen molar-refractivity contribution in [1.82, 2.24) is 0 Å². The van der Waals surface area contributed by atoms with Crippen molar-refractivity contribution in [3.05, 3.63) is 64.7 Å². The van der Waals surface area contributed by atoms with E-state index in [1.54, 1.807) is 6.92 Å². The molecule has 0 spiro atoms. The molecule has 0 fully saturated rings. The van der Waals surface area contributed by atoms with Crippen molar-refractivity contribution in [2.75, 3.05) is 0 Å². The smallest absolute Gasteiger partial charge is 0.134 e. The zero-order chi connectivity index (χ0) is 13.7. The molecule has 0 unspecified atom stereocenters.